The first-order valence-electron chi connectivity index (χ1n) is 5.13. The van der Waals surface area contributed by atoms with E-state index in [1.807, 2.05) is 0 Å². The quantitative estimate of drug-likeness (QED) is 0.874. The van der Waals surface area contributed by atoms with Crippen LogP contribution < -0.4 is 4.74 Å². The molecular formula is C13H7BrClFO3. The van der Waals surface area contributed by atoms with Gasteiger partial charge in [0.05, 0.1) is 15.1 Å². The third-order valence-electron chi connectivity index (χ3n) is 2.29. The number of ether oxygens (including phenoxy) is 1. The van der Waals surface area contributed by atoms with Crippen molar-refractivity contribution >= 4 is 33.5 Å². The molecule has 0 radical (unpaired) electrons. The van der Waals surface area contributed by atoms with Crippen molar-refractivity contribution in [2.24, 2.45) is 0 Å². The van der Waals surface area contributed by atoms with Crippen LogP contribution in [0.5, 0.6) is 11.5 Å². The van der Waals surface area contributed by atoms with E-state index >= 15 is 0 Å². The van der Waals surface area contributed by atoms with Crippen LogP contribution in [0.2, 0.25) is 5.02 Å². The largest absolute Gasteiger partial charge is 0.478 e. The Bertz CT molecular complexity index is 646. The molecule has 0 bridgehead atoms. The molecule has 0 fully saturated rings. The number of rotatable bonds is 3. The average molecular weight is 346 g/mol. The van der Waals surface area contributed by atoms with Gasteiger partial charge >= 0.3 is 5.97 Å². The first-order valence-corrected chi connectivity index (χ1v) is 6.30. The van der Waals surface area contributed by atoms with E-state index in [1.54, 1.807) is 0 Å². The summed E-state index contributed by atoms with van der Waals surface area (Å²) >= 11 is 8.99. The van der Waals surface area contributed by atoms with E-state index in [4.69, 9.17) is 21.4 Å². The SMILES string of the molecule is O=C(O)c1ccc(Oc2ccc(F)cc2Br)cc1Cl. The third kappa shape index (κ3) is 3.24. The summed E-state index contributed by atoms with van der Waals surface area (Å²) in [7, 11) is 0. The van der Waals surface area contributed by atoms with Crippen molar-refractivity contribution in [2.45, 2.75) is 0 Å². The molecule has 1 N–H and O–H groups in total. The number of carboxylic acids is 1. The van der Waals surface area contributed by atoms with E-state index in [0.29, 0.717) is 16.0 Å². The maximum absolute atomic E-state index is 12.9. The van der Waals surface area contributed by atoms with Gasteiger partial charge in [0.2, 0.25) is 0 Å². The summed E-state index contributed by atoms with van der Waals surface area (Å²) < 4.78 is 18.9. The first kappa shape index (κ1) is 13.8. The van der Waals surface area contributed by atoms with Crippen LogP contribution in [-0.2, 0) is 0 Å². The summed E-state index contributed by atoms with van der Waals surface area (Å²) in [4.78, 5) is 10.8. The van der Waals surface area contributed by atoms with E-state index in [2.05, 4.69) is 15.9 Å². The molecule has 98 valence electrons. The van der Waals surface area contributed by atoms with Crippen molar-refractivity contribution in [1.29, 1.82) is 0 Å². The van der Waals surface area contributed by atoms with E-state index in [-0.39, 0.29) is 10.6 Å². The molecular weight excluding hydrogens is 338 g/mol. The number of halogens is 3. The molecule has 0 atom stereocenters. The summed E-state index contributed by atoms with van der Waals surface area (Å²) in [5, 5.41) is 8.92. The Morgan fingerprint density at radius 3 is 2.58 bits per heavy atom. The Morgan fingerprint density at radius 2 is 2.00 bits per heavy atom. The number of benzene rings is 2. The Labute approximate surface area is 121 Å². The van der Waals surface area contributed by atoms with Gasteiger partial charge < -0.3 is 9.84 Å². The molecule has 0 aliphatic heterocycles. The lowest BCUT2D eigenvalue weighted by molar-refractivity contribution is 0.0697. The van der Waals surface area contributed by atoms with Crippen molar-refractivity contribution < 1.29 is 19.0 Å². The van der Waals surface area contributed by atoms with Crippen molar-refractivity contribution in [1.82, 2.24) is 0 Å². The lowest BCUT2D eigenvalue weighted by Crippen LogP contribution is -1.97. The van der Waals surface area contributed by atoms with E-state index in [0.717, 1.165) is 0 Å². The van der Waals surface area contributed by atoms with Gasteiger partial charge in [-0.25, -0.2) is 9.18 Å². The molecule has 0 amide bonds. The standard InChI is InChI=1S/C13H7BrClFO3/c14-10-5-7(16)1-4-12(10)19-8-2-3-9(13(17)18)11(15)6-8/h1-6H,(H,17,18). The summed E-state index contributed by atoms with van der Waals surface area (Å²) in [5.41, 5.74) is -0.00723. The minimum atomic E-state index is -1.11. The Kier molecular flexibility index (Phi) is 4.07. The van der Waals surface area contributed by atoms with E-state index in [9.17, 15) is 9.18 Å². The highest BCUT2D eigenvalue weighted by atomic mass is 79.9. The van der Waals surface area contributed by atoms with Crippen LogP contribution in [-0.4, -0.2) is 11.1 Å². The zero-order valence-electron chi connectivity index (χ0n) is 9.36. The topological polar surface area (TPSA) is 46.5 Å². The van der Waals surface area contributed by atoms with Crippen LogP contribution in [0.3, 0.4) is 0 Å². The summed E-state index contributed by atoms with van der Waals surface area (Å²) in [5.74, 6) is -0.735. The summed E-state index contributed by atoms with van der Waals surface area (Å²) in [6, 6.07) is 8.19. The lowest BCUT2D eigenvalue weighted by Gasteiger charge is -2.09. The van der Waals surface area contributed by atoms with Crippen LogP contribution in [0, 0.1) is 5.82 Å². The van der Waals surface area contributed by atoms with Crippen LogP contribution in [0.25, 0.3) is 0 Å². The predicted octanol–water partition coefficient (Wildman–Crippen LogP) is 4.73. The van der Waals surface area contributed by atoms with Crippen LogP contribution >= 0.6 is 27.5 Å². The average Bonchev–Trinajstić information content (AvgIpc) is 2.32. The first-order chi connectivity index (χ1) is 8.97. The van der Waals surface area contributed by atoms with Gasteiger partial charge in [-0.05, 0) is 46.3 Å². The van der Waals surface area contributed by atoms with Gasteiger partial charge in [0, 0.05) is 6.07 Å². The van der Waals surface area contributed by atoms with E-state index < -0.39 is 11.8 Å². The Morgan fingerprint density at radius 1 is 1.26 bits per heavy atom. The molecule has 0 aromatic heterocycles. The number of carbonyl (C=O) groups is 1. The molecule has 3 nitrogen and oxygen atoms in total. The second-order valence-corrected chi connectivity index (χ2v) is 4.89. The van der Waals surface area contributed by atoms with Crippen molar-refractivity contribution in [2.75, 3.05) is 0 Å². The predicted molar refractivity (Wildman–Crippen MR) is 72.6 cm³/mol. The van der Waals surface area contributed by atoms with Gasteiger partial charge in [0.25, 0.3) is 0 Å². The molecule has 0 saturated heterocycles. The van der Waals surface area contributed by atoms with Crippen molar-refractivity contribution in [3.05, 3.63) is 57.3 Å². The minimum absolute atomic E-state index is 0.00723. The zero-order chi connectivity index (χ0) is 14.0. The number of hydrogen-bond donors (Lipinski definition) is 1. The number of aromatic carboxylic acids is 1. The van der Waals surface area contributed by atoms with Crippen molar-refractivity contribution in [3.8, 4) is 11.5 Å². The van der Waals surface area contributed by atoms with Gasteiger partial charge in [0.15, 0.2) is 0 Å². The smallest absolute Gasteiger partial charge is 0.337 e. The van der Waals surface area contributed by atoms with Crippen molar-refractivity contribution in [3.63, 3.8) is 0 Å². The Hall–Kier alpha value is -1.59. The lowest BCUT2D eigenvalue weighted by atomic mass is 10.2. The molecule has 0 aliphatic rings. The van der Waals surface area contributed by atoms with E-state index in [1.165, 1.54) is 36.4 Å². The fourth-order valence-corrected chi connectivity index (χ4v) is 2.10. The van der Waals surface area contributed by atoms with Crippen LogP contribution in [0.15, 0.2) is 40.9 Å². The molecule has 0 saturated carbocycles. The van der Waals surface area contributed by atoms with Crippen LogP contribution in [0.1, 0.15) is 10.4 Å². The monoisotopic (exact) mass is 344 g/mol. The summed E-state index contributed by atoms with van der Waals surface area (Å²) in [6.45, 7) is 0. The summed E-state index contributed by atoms with van der Waals surface area (Å²) in [6.07, 6.45) is 0. The number of hydrogen-bond acceptors (Lipinski definition) is 2. The van der Waals surface area contributed by atoms with Gasteiger partial charge in [-0.2, -0.15) is 0 Å². The zero-order valence-corrected chi connectivity index (χ0v) is 11.7. The third-order valence-corrected chi connectivity index (χ3v) is 3.23. The van der Waals surface area contributed by atoms with Gasteiger partial charge in [-0.1, -0.05) is 11.6 Å². The Balaban J connectivity index is 2.29. The second kappa shape index (κ2) is 5.59. The highest BCUT2D eigenvalue weighted by molar-refractivity contribution is 9.10. The molecule has 2 aromatic rings. The van der Waals surface area contributed by atoms with Gasteiger partial charge in [0.1, 0.15) is 17.3 Å². The van der Waals surface area contributed by atoms with Gasteiger partial charge in [-0.15, -0.1) is 0 Å². The molecule has 0 unspecified atom stereocenters. The fourth-order valence-electron chi connectivity index (χ4n) is 1.42. The van der Waals surface area contributed by atoms with Gasteiger partial charge in [-0.3, -0.25) is 0 Å². The molecule has 0 heterocycles. The molecule has 2 rings (SSSR count). The number of carboxylic acid groups (broad SMARTS) is 1. The normalized spacial score (nSPS) is 10.3. The second-order valence-electron chi connectivity index (χ2n) is 3.62. The maximum atomic E-state index is 12.9. The molecule has 6 heteroatoms. The molecule has 0 aliphatic carbocycles. The fraction of sp³-hybridized carbons (Fsp3) is 0. The molecule has 19 heavy (non-hydrogen) atoms. The highest BCUT2D eigenvalue weighted by Crippen LogP contribution is 2.32. The highest BCUT2D eigenvalue weighted by Gasteiger charge is 2.10. The van der Waals surface area contributed by atoms with Crippen LogP contribution in [0.4, 0.5) is 4.39 Å². The minimum Gasteiger partial charge on any atom is -0.478 e. The maximum Gasteiger partial charge on any atom is 0.337 e. The molecule has 0 spiro atoms. The molecule has 2 aromatic carbocycles.